The Hall–Kier alpha value is -2.24. The van der Waals surface area contributed by atoms with E-state index in [-0.39, 0.29) is 11.9 Å². The van der Waals surface area contributed by atoms with Gasteiger partial charge in [-0.25, -0.2) is 14.1 Å². The Kier molecular flexibility index (Phi) is 3.68. The lowest BCUT2D eigenvalue weighted by Gasteiger charge is -2.26. The second-order valence-electron chi connectivity index (χ2n) is 5.22. The standard InChI is InChI=1S/C15H16FN3O2/c1-10(21-15(20)11-4-2-5-11)14-12(16)6-3-7-13(14)19-9-17-8-18-19/h3,6-11H,2,4-5H2,1H3/t10-/m0/s1. The minimum atomic E-state index is -0.668. The average Bonchev–Trinajstić information content (AvgIpc) is 2.89. The van der Waals surface area contributed by atoms with Crippen LogP contribution in [0.15, 0.2) is 30.9 Å². The van der Waals surface area contributed by atoms with E-state index in [2.05, 4.69) is 10.1 Å². The predicted molar refractivity (Wildman–Crippen MR) is 73.2 cm³/mol. The van der Waals surface area contributed by atoms with Crippen molar-refractivity contribution in [1.82, 2.24) is 14.8 Å². The van der Waals surface area contributed by atoms with E-state index in [4.69, 9.17) is 4.74 Å². The average molecular weight is 289 g/mol. The van der Waals surface area contributed by atoms with Crippen LogP contribution in [0.5, 0.6) is 0 Å². The Balaban J connectivity index is 1.88. The van der Waals surface area contributed by atoms with Gasteiger partial charge in [0, 0.05) is 0 Å². The van der Waals surface area contributed by atoms with E-state index >= 15 is 0 Å². The first-order chi connectivity index (χ1) is 10.2. The summed E-state index contributed by atoms with van der Waals surface area (Å²) in [6.07, 6.45) is 4.96. The zero-order valence-electron chi connectivity index (χ0n) is 11.7. The number of esters is 1. The van der Waals surface area contributed by atoms with Crippen LogP contribution in [0, 0.1) is 11.7 Å². The summed E-state index contributed by atoms with van der Waals surface area (Å²) >= 11 is 0. The predicted octanol–water partition coefficient (Wildman–Crippen LogP) is 2.81. The van der Waals surface area contributed by atoms with Gasteiger partial charge in [-0.1, -0.05) is 12.5 Å². The van der Waals surface area contributed by atoms with Gasteiger partial charge >= 0.3 is 5.97 Å². The van der Waals surface area contributed by atoms with E-state index in [9.17, 15) is 9.18 Å². The number of benzene rings is 1. The molecule has 5 nitrogen and oxygen atoms in total. The fourth-order valence-electron chi connectivity index (χ4n) is 2.43. The minimum Gasteiger partial charge on any atom is -0.457 e. The molecule has 1 aromatic carbocycles. The molecule has 1 fully saturated rings. The molecule has 1 heterocycles. The molecule has 0 amide bonds. The van der Waals surface area contributed by atoms with E-state index in [1.54, 1.807) is 19.1 Å². The number of carbonyl (C=O) groups is 1. The number of halogens is 1. The second kappa shape index (κ2) is 5.63. The van der Waals surface area contributed by atoms with Crippen LogP contribution in [-0.2, 0) is 9.53 Å². The summed E-state index contributed by atoms with van der Waals surface area (Å²) in [5, 5.41) is 4.01. The van der Waals surface area contributed by atoms with Gasteiger partial charge in [0.05, 0.1) is 17.2 Å². The third-order valence-corrected chi connectivity index (χ3v) is 3.83. The molecule has 1 atom stereocenters. The van der Waals surface area contributed by atoms with Crippen LogP contribution in [-0.4, -0.2) is 20.7 Å². The number of nitrogens with zero attached hydrogens (tertiary/aromatic N) is 3. The van der Waals surface area contributed by atoms with Gasteiger partial charge in [0.2, 0.25) is 0 Å². The van der Waals surface area contributed by atoms with E-state index in [1.165, 1.54) is 23.4 Å². The molecule has 110 valence electrons. The Morgan fingerprint density at radius 2 is 2.29 bits per heavy atom. The second-order valence-corrected chi connectivity index (χ2v) is 5.22. The maximum atomic E-state index is 14.2. The Labute approximate surface area is 121 Å². The zero-order valence-corrected chi connectivity index (χ0v) is 11.7. The molecule has 0 aliphatic heterocycles. The molecule has 0 saturated heterocycles. The molecule has 21 heavy (non-hydrogen) atoms. The summed E-state index contributed by atoms with van der Waals surface area (Å²) < 4.78 is 21.1. The van der Waals surface area contributed by atoms with Gasteiger partial charge in [-0.2, -0.15) is 5.10 Å². The summed E-state index contributed by atoms with van der Waals surface area (Å²) in [4.78, 5) is 15.8. The Morgan fingerprint density at radius 1 is 1.48 bits per heavy atom. The van der Waals surface area contributed by atoms with Crippen LogP contribution in [0.25, 0.3) is 5.69 Å². The highest BCUT2D eigenvalue weighted by atomic mass is 19.1. The first-order valence-corrected chi connectivity index (χ1v) is 7.00. The van der Waals surface area contributed by atoms with Gasteiger partial charge < -0.3 is 4.74 Å². The molecule has 6 heteroatoms. The monoisotopic (exact) mass is 289 g/mol. The van der Waals surface area contributed by atoms with Gasteiger partial charge in [0.25, 0.3) is 0 Å². The molecule has 0 radical (unpaired) electrons. The summed E-state index contributed by atoms with van der Waals surface area (Å²) in [7, 11) is 0. The van der Waals surface area contributed by atoms with Crippen LogP contribution in [0.4, 0.5) is 4.39 Å². The maximum Gasteiger partial charge on any atom is 0.309 e. The topological polar surface area (TPSA) is 57.0 Å². The van der Waals surface area contributed by atoms with Crippen LogP contribution in [0.3, 0.4) is 0 Å². The van der Waals surface area contributed by atoms with Crippen molar-refractivity contribution in [1.29, 1.82) is 0 Å². The van der Waals surface area contributed by atoms with Gasteiger partial charge in [0.15, 0.2) is 0 Å². The SMILES string of the molecule is C[C@H](OC(=O)C1CCC1)c1c(F)cccc1-n1cncn1. The number of rotatable bonds is 4. The van der Waals surface area contributed by atoms with Gasteiger partial charge in [-0.15, -0.1) is 0 Å². The number of ether oxygens (including phenoxy) is 1. The normalized spacial score (nSPS) is 16.3. The third-order valence-electron chi connectivity index (χ3n) is 3.83. The summed E-state index contributed by atoms with van der Waals surface area (Å²) in [6, 6.07) is 4.67. The molecule has 1 aliphatic rings. The molecule has 0 unspecified atom stereocenters. The van der Waals surface area contributed by atoms with E-state index in [1.807, 2.05) is 0 Å². The molecule has 2 aromatic rings. The fraction of sp³-hybridized carbons (Fsp3) is 0.400. The highest BCUT2D eigenvalue weighted by Gasteiger charge is 2.29. The van der Waals surface area contributed by atoms with Crippen molar-refractivity contribution >= 4 is 5.97 Å². The fourth-order valence-corrected chi connectivity index (χ4v) is 2.43. The molecule has 1 aliphatic carbocycles. The van der Waals surface area contributed by atoms with E-state index in [0.717, 1.165) is 19.3 Å². The smallest absolute Gasteiger partial charge is 0.309 e. The van der Waals surface area contributed by atoms with Gasteiger partial charge in [0.1, 0.15) is 24.6 Å². The summed E-state index contributed by atoms with van der Waals surface area (Å²) in [5.74, 6) is -0.701. The molecule has 1 aromatic heterocycles. The van der Waals surface area contributed by atoms with Crippen molar-refractivity contribution in [3.05, 3.63) is 42.2 Å². The van der Waals surface area contributed by atoms with Crippen molar-refractivity contribution in [2.24, 2.45) is 5.92 Å². The molecule has 0 spiro atoms. The first kappa shape index (κ1) is 13.7. The molecule has 1 saturated carbocycles. The van der Waals surface area contributed by atoms with Gasteiger partial charge in [-0.3, -0.25) is 4.79 Å². The Bertz CT molecular complexity index is 638. The van der Waals surface area contributed by atoms with Gasteiger partial charge in [-0.05, 0) is 31.9 Å². The minimum absolute atomic E-state index is 0.0333. The lowest BCUT2D eigenvalue weighted by molar-refractivity contribution is -0.156. The lowest BCUT2D eigenvalue weighted by Crippen LogP contribution is -2.25. The van der Waals surface area contributed by atoms with Crippen LogP contribution in [0.2, 0.25) is 0 Å². The number of carbonyl (C=O) groups excluding carboxylic acids is 1. The van der Waals surface area contributed by atoms with Crippen molar-refractivity contribution in [2.75, 3.05) is 0 Å². The number of hydrogen-bond acceptors (Lipinski definition) is 4. The zero-order chi connectivity index (χ0) is 14.8. The molecular formula is C15H16FN3O2. The van der Waals surface area contributed by atoms with E-state index in [0.29, 0.717) is 11.3 Å². The highest BCUT2D eigenvalue weighted by Crippen LogP contribution is 2.32. The molecule has 0 bridgehead atoms. The van der Waals surface area contributed by atoms with Crippen molar-refractivity contribution in [3.8, 4) is 5.69 Å². The lowest BCUT2D eigenvalue weighted by atomic mass is 9.85. The van der Waals surface area contributed by atoms with Crippen molar-refractivity contribution < 1.29 is 13.9 Å². The van der Waals surface area contributed by atoms with E-state index < -0.39 is 11.9 Å². The molecular weight excluding hydrogens is 273 g/mol. The van der Waals surface area contributed by atoms with Crippen LogP contribution < -0.4 is 0 Å². The highest BCUT2D eigenvalue weighted by molar-refractivity contribution is 5.73. The molecule has 3 rings (SSSR count). The Morgan fingerprint density at radius 3 is 2.90 bits per heavy atom. The van der Waals surface area contributed by atoms with Crippen LogP contribution >= 0.6 is 0 Å². The summed E-state index contributed by atoms with van der Waals surface area (Å²) in [5.41, 5.74) is 0.845. The van der Waals surface area contributed by atoms with Crippen molar-refractivity contribution in [2.45, 2.75) is 32.3 Å². The third kappa shape index (κ3) is 2.66. The van der Waals surface area contributed by atoms with Crippen molar-refractivity contribution in [3.63, 3.8) is 0 Å². The number of hydrogen-bond donors (Lipinski definition) is 0. The quantitative estimate of drug-likeness (QED) is 0.812. The maximum absolute atomic E-state index is 14.2. The first-order valence-electron chi connectivity index (χ1n) is 7.00. The molecule has 0 N–H and O–H groups in total. The number of aromatic nitrogens is 3. The largest absolute Gasteiger partial charge is 0.457 e. The summed E-state index contributed by atoms with van der Waals surface area (Å²) in [6.45, 7) is 1.68. The van der Waals surface area contributed by atoms with Crippen LogP contribution in [0.1, 0.15) is 37.9 Å².